The summed E-state index contributed by atoms with van der Waals surface area (Å²) in [5.74, 6) is -0.977. The molecule has 0 unspecified atom stereocenters. The second kappa shape index (κ2) is 4.55. The molecule has 6 heteroatoms. The standard InChI is InChI=1S/C11H10ClN3O2/c1-7-9(11(16)17)6-15(14-7)5-8-2-3-13-4-10(8)12/h2-4,6H,5H2,1H3,(H,16,17). The van der Waals surface area contributed by atoms with Crippen LogP contribution in [0.4, 0.5) is 0 Å². The van der Waals surface area contributed by atoms with E-state index in [1.54, 1.807) is 30.1 Å². The Hall–Kier alpha value is -1.88. The summed E-state index contributed by atoms with van der Waals surface area (Å²) >= 11 is 5.96. The largest absolute Gasteiger partial charge is 0.478 e. The molecule has 5 nitrogen and oxygen atoms in total. The summed E-state index contributed by atoms with van der Waals surface area (Å²) in [5.41, 5.74) is 1.54. The lowest BCUT2D eigenvalue weighted by molar-refractivity contribution is 0.0696. The number of carboxylic acid groups (broad SMARTS) is 1. The number of pyridine rings is 1. The van der Waals surface area contributed by atoms with E-state index in [2.05, 4.69) is 10.1 Å². The minimum atomic E-state index is -0.977. The van der Waals surface area contributed by atoms with E-state index >= 15 is 0 Å². The summed E-state index contributed by atoms with van der Waals surface area (Å²) in [6.45, 7) is 2.09. The summed E-state index contributed by atoms with van der Waals surface area (Å²) in [4.78, 5) is 14.7. The maximum atomic E-state index is 10.9. The van der Waals surface area contributed by atoms with Gasteiger partial charge in [0.05, 0.1) is 17.3 Å². The van der Waals surface area contributed by atoms with Crippen molar-refractivity contribution in [3.05, 3.63) is 46.5 Å². The third-order valence-corrected chi connectivity index (χ3v) is 2.71. The van der Waals surface area contributed by atoms with Gasteiger partial charge in [0, 0.05) is 18.6 Å². The first-order valence-corrected chi connectivity index (χ1v) is 5.31. The van der Waals surface area contributed by atoms with Gasteiger partial charge in [-0.05, 0) is 18.6 Å². The fourth-order valence-electron chi connectivity index (χ4n) is 1.52. The molecular weight excluding hydrogens is 242 g/mol. The number of hydrogen-bond donors (Lipinski definition) is 1. The van der Waals surface area contributed by atoms with Crippen molar-refractivity contribution in [1.82, 2.24) is 14.8 Å². The Morgan fingerprint density at radius 1 is 1.59 bits per heavy atom. The first-order chi connectivity index (χ1) is 8.08. The molecule has 2 aromatic heterocycles. The number of carbonyl (C=O) groups is 1. The van der Waals surface area contributed by atoms with E-state index in [0.717, 1.165) is 5.56 Å². The van der Waals surface area contributed by atoms with E-state index in [1.807, 2.05) is 0 Å². The van der Waals surface area contributed by atoms with Crippen LogP contribution in [0.3, 0.4) is 0 Å². The maximum Gasteiger partial charge on any atom is 0.339 e. The van der Waals surface area contributed by atoms with Crippen LogP contribution in [0.25, 0.3) is 0 Å². The zero-order valence-corrected chi connectivity index (χ0v) is 9.85. The van der Waals surface area contributed by atoms with Gasteiger partial charge in [-0.15, -0.1) is 0 Å². The molecule has 2 heterocycles. The van der Waals surface area contributed by atoms with Crippen molar-refractivity contribution in [3.8, 4) is 0 Å². The molecule has 0 spiro atoms. The minimum Gasteiger partial charge on any atom is -0.478 e. The number of carboxylic acids is 1. The molecule has 0 atom stereocenters. The van der Waals surface area contributed by atoms with Crippen molar-refractivity contribution in [3.63, 3.8) is 0 Å². The molecule has 1 N–H and O–H groups in total. The molecule has 0 aliphatic carbocycles. The number of aromatic carboxylic acids is 1. The molecule has 0 saturated heterocycles. The molecule has 0 amide bonds. The fourth-order valence-corrected chi connectivity index (χ4v) is 1.69. The molecule has 17 heavy (non-hydrogen) atoms. The molecule has 0 aromatic carbocycles. The van der Waals surface area contributed by atoms with Crippen molar-refractivity contribution >= 4 is 17.6 Å². The van der Waals surface area contributed by atoms with E-state index in [-0.39, 0.29) is 5.56 Å². The quantitative estimate of drug-likeness (QED) is 0.906. The number of hydrogen-bond acceptors (Lipinski definition) is 3. The van der Waals surface area contributed by atoms with Crippen LogP contribution in [0.1, 0.15) is 21.6 Å². The Labute approximate surface area is 103 Å². The van der Waals surface area contributed by atoms with Crippen molar-refractivity contribution in [2.75, 3.05) is 0 Å². The molecule has 2 rings (SSSR count). The number of aromatic nitrogens is 3. The highest BCUT2D eigenvalue weighted by Gasteiger charge is 2.12. The summed E-state index contributed by atoms with van der Waals surface area (Å²) in [5, 5.41) is 13.6. The van der Waals surface area contributed by atoms with Crippen molar-refractivity contribution < 1.29 is 9.90 Å². The van der Waals surface area contributed by atoms with Crippen LogP contribution >= 0.6 is 11.6 Å². The van der Waals surface area contributed by atoms with E-state index in [1.165, 1.54) is 6.20 Å². The van der Waals surface area contributed by atoms with Crippen LogP contribution < -0.4 is 0 Å². The van der Waals surface area contributed by atoms with Crippen LogP contribution in [-0.2, 0) is 6.54 Å². The van der Waals surface area contributed by atoms with Crippen LogP contribution in [-0.4, -0.2) is 25.8 Å². The Kier molecular flexibility index (Phi) is 3.10. The summed E-state index contributed by atoms with van der Waals surface area (Å²) in [7, 11) is 0. The first-order valence-electron chi connectivity index (χ1n) is 4.93. The number of rotatable bonds is 3. The second-order valence-electron chi connectivity index (χ2n) is 3.60. The maximum absolute atomic E-state index is 10.9. The molecule has 0 aliphatic rings. The fraction of sp³-hybridized carbons (Fsp3) is 0.182. The second-order valence-corrected chi connectivity index (χ2v) is 4.01. The smallest absolute Gasteiger partial charge is 0.339 e. The number of halogens is 1. The van der Waals surface area contributed by atoms with Crippen LogP contribution in [0.15, 0.2) is 24.7 Å². The molecule has 88 valence electrons. The predicted octanol–water partition coefficient (Wildman–Crippen LogP) is 1.99. The van der Waals surface area contributed by atoms with Crippen LogP contribution in [0.5, 0.6) is 0 Å². The lowest BCUT2D eigenvalue weighted by Gasteiger charge is -2.03. The lowest BCUT2D eigenvalue weighted by Crippen LogP contribution is -2.01. The van der Waals surface area contributed by atoms with E-state index < -0.39 is 5.97 Å². The summed E-state index contributed by atoms with van der Waals surface area (Å²) < 4.78 is 1.56. The third kappa shape index (κ3) is 2.45. The monoisotopic (exact) mass is 251 g/mol. The highest BCUT2D eigenvalue weighted by molar-refractivity contribution is 6.31. The topological polar surface area (TPSA) is 68.0 Å². The van der Waals surface area contributed by atoms with Gasteiger partial charge in [0.25, 0.3) is 0 Å². The van der Waals surface area contributed by atoms with Gasteiger partial charge in [0.15, 0.2) is 0 Å². The molecule has 0 radical (unpaired) electrons. The van der Waals surface area contributed by atoms with E-state index in [4.69, 9.17) is 16.7 Å². The average molecular weight is 252 g/mol. The van der Waals surface area contributed by atoms with Crippen LogP contribution in [0, 0.1) is 6.92 Å². The highest BCUT2D eigenvalue weighted by atomic mass is 35.5. The van der Waals surface area contributed by atoms with E-state index in [0.29, 0.717) is 17.3 Å². The predicted molar refractivity (Wildman–Crippen MR) is 62.3 cm³/mol. The molecular formula is C11H10ClN3O2. The van der Waals surface area contributed by atoms with Gasteiger partial charge in [-0.25, -0.2) is 4.79 Å². The van der Waals surface area contributed by atoms with Crippen molar-refractivity contribution in [2.45, 2.75) is 13.5 Å². The molecule has 2 aromatic rings. The number of aryl methyl sites for hydroxylation is 1. The summed E-state index contributed by atoms with van der Waals surface area (Å²) in [6, 6.07) is 1.78. The molecule has 0 saturated carbocycles. The SMILES string of the molecule is Cc1nn(Cc2ccncc2Cl)cc1C(=O)O. The van der Waals surface area contributed by atoms with Gasteiger partial charge in [-0.2, -0.15) is 5.10 Å². The molecule has 0 aliphatic heterocycles. The zero-order chi connectivity index (χ0) is 12.4. The van der Waals surface area contributed by atoms with Crippen molar-refractivity contribution in [1.29, 1.82) is 0 Å². The molecule has 0 bridgehead atoms. The highest BCUT2D eigenvalue weighted by Crippen LogP contribution is 2.15. The van der Waals surface area contributed by atoms with Gasteiger partial charge in [-0.1, -0.05) is 11.6 Å². The summed E-state index contributed by atoms with van der Waals surface area (Å²) in [6.07, 6.45) is 4.68. The third-order valence-electron chi connectivity index (χ3n) is 2.37. The number of nitrogens with zero attached hydrogens (tertiary/aromatic N) is 3. The Balaban J connectivity index is 2.28. The van der Waals surface area contributed by atoms with E-state index in [9.17, 15) is 4.79 Å². The van der Waals surface area contributed by atoms with Gasteiger partial charge < -0.3 is 5.11 Å². The normalized spacial score (nSPS) is 10.5. The average Bonchev–Trinajstić information content (AvgIpc) is 2.63. The first kappa shape index (κ1) is 11.6. The zero-order valence-electron chi connectivity index (χ0n) is 9.09. The van der Waals surface area contributed by atoms with Gasteiger partial charge in [0.1, 0.15) is 5.56 Å². The van der Waals surface area contributed by atoms with Gasteiger partial charge in [-0.3, -0.25) is 9.67 Å². The molecule has 0 fully saturated rings. The van der Waals surface area contributed by atoms with Gasteiger partial charge in [0.2, 0.25) is 0 Å². The Bertz CT molecular complexity index is 566. The lowest BCUT2D eigenvalue weighted by atomic mass is 10.2. The Morgan fingerprint density at radius 2 is 2.35 bits per heavy atom. The minimum absolute atomic E-state index is 0.204. The van der Waals surface area contributed by atoms with Crippen molar-refractivity contribution in [2.24, 2.45) is 0 Å². The Morgan fingerprint density at radius 3 is 2.94 bits per heavy atom. The van der Waals surface area contributed by atoms with Gasteiger partial charge >= 0.3 is 5.97 Å². The van der Waals surface area contributed by atoms with Crippen LogP contribution in [0.2, 0.25) is 5.02 Å².